The molecule has 36 heavy (non-hydrogen) atoms. The number of carbonyl (C=O) groups excluding carboxylic acids is 3. The Bertz CT molecular complexity index is 1120. The molecule has 0 saturated carbocycles. The van der Waals surface area contributed by atoms with Crippen LogP contribution in [0.15, 0.2) is 32.2 Å². The standard InChI is InChI=1S/C26H31NO6S3/c1-7-10-11-18(28)27-17-13-12-15(31-6)14-16(17)19(22(34)26(27,4)5)25-35-20(23(29)32-8-2)21(36-25)24(30)33-9-3/h12-14H,7-11H2,1-6H3. The average Bonchev–Trinajstić information content (AvgIpc) is 3.28. The first-order valence-corrected chi connectivity index (χ1v) is 13.9. The Morgan fingerprint density at radius 3 is 2.08 bits per heavy atom. The molecule has 0 atom stereocenters. The van der Waals surface area contributed by atoms with Gasteiger partial charge < -0.3 is 19.1 Å². The molecule has 0 aromatic heterocycles. The van der Waals surface area contributed by atoms with Crippen molar-refractivity contribution >= 4 is 69.7 Å². The predicted octanol–water partition coefficient (Wildman–Crippen LogP) is 5.87. The topological polar surface area (TPSA) is 82.1 Å². The number of ether oxygens (including phenoxy) is 3. The molecule has 1 aromatic rings. The van der Waals surface area contributed by atoms with Gasteiger partial charge in [-0.05, 0) is 52.3 Å². The van der Waals surface area contributed by atoms with Gasteiger partial charge in [-0.25, -0.2) is 9.59 Å². The van der Waals surface area contributed by atoms with Crippen LogP contribution in [0.4, 0.5) is 5.69 Å². The van der Waals surface area contributed by atoms with Crippen LogP contribution in [0.3, 0.4) is 0 Å². The van der Waals surface area contributed by atoms with Crippen molar-refractivity contribution in [3.63, 3.8) is 0 Å². The highest BCUT2D eigenvalue weighted by Gasteiger charge is 2.46. The molecule has 1 aromatic carbocycles. The summed E-state index contributed by atoms with van der Waals surface area (Å²) in [6.07, 6.45) is 2.09. The van der Waals surface area contributed by atoms with Crippen LogP contribution in [0.1, 0.15) is 59.4 Å². The maximum absolute atomic E-state index is 13.4. The molecule has 0 N–H and O–H groups in total. The minimum Gasteiger partial charge on any atom is -0.497 e. The lowest BCUT2D eigenvalue weighted by Crippen LogP contribution is -2.55. The number of methoxy groups -OCH3 is 1. The van der Waals surface area contributed by atoms with Gasteiger partial charge in [-0.2, -0.15) is 0 Å². The van der Waals surface area contributed by atoms with Crippen LogP contribution in [0, 0.1) is 0 Å². The number of thioether (sulfide) groups is 2. The maximum atomic E-state index is 13.4. The first-order chi connectivity index (χ1) is 17.1. The summed E-state index contributed by atoms with van der Waals surface area (Å²) in [5.41, 5.74) is 1.30. The van der Waals surface area contributed by atoms with Gasteiger partial charge in [-0.3, -0.25) is 4.79 Å². The zero-order valence-electron chi connectivity index (χ0n) is 21.4. The van der Waals surface area contributed by atoms with Crippen molar-refractivity contribution in [1.29, 1.82) is 0 Å². The quantitative estimate of drug-likeness (QED) is 0.225. The summed E-state index contributed by atoms with van der Waals surface area (Å²) in [5.74, 6) is -0.579. The summed E-state index contributed by atoms with van der Waals surface area (Å²) >= 11 is 8.30. The number of anilines is 1. The van der Waals surface area contributed by atoms with Crippen molar-refractivity contribution in [1.82, 2.24) is 0 Å². The molecule has 0 fully saturated rings. The number of benzene rings is 1. The molecule has 0 aliphatic carbocycles. The van der Waals surface area contributed by atoms with E-state index in [2.05, 4.69) is 0 Å². The van der Waals surface area contributed by atoms with Gasteiger partial charge in [0.15, 0.2) is 0 Å². The summed E-state index contributed by atoms with van der Waals surface area (Å²) in [6, 6.07) is 5.51. The molecule has 1 amide bonds. The molecule has 10 heteroatoms. The third-order valence-corrected chi connectivity index (χ3v) is 9.03. The number of carbonyl (C=O) groups is 3. The van der Waals surface area contributed by atoms with E-state index in [4.69, 9.17) is 26.4 Å². The van der Waals surface area contributed by atoms with E-state index in [-0.39, 0.29) is 28.9 Å². The highest BCUT2D eigenvalue weighted by molar-refractivity contribution is 8.29. The number of fused-ring (bicyclic) bond motifs is 1. The van der Waals surface area contributed by atoms with Crippen molar-refractivity contribution in [3.8, 4) is 5.75 Å². The van der Waals surface area contributed by atoms with Crippen LogP contribution in [0.2, 0.25) is 0 Å². The molecule has 2 heterocycles. The molecule has 194 valence electrons. The zero-order chi connectivity index (χ0) is 26.6. The predicted molar refractivity (Wildman–Crippen MR) is 149 cm³/mol. The van der Waals surface area contributed by atoms with E-state index < -0.39 is 17.5 Å². The Balaban J connectivity index is 2.21. The lowest BCUT2D eigenvalue weighted by molar-refractivity contribution is -0.140. The normalized spacial score (nSPS) is 16.7. The summed E-state index contributed by atoms with van der Waals surface area (Å²) in [7, 11) is 1.57. The highest BCUT2D eigenvalue weighted by atomic mass is 32.2. The van der Waals surface area contributed by atoms with Crippen molar-refractivity contribution in [2.45, 2.75) is 59.4 Å². The number of hydrogen-bond acceptors (Lipinski definition) is 9. The van der Waals surface area contributed by atoms with E-state index in [1.54, 1.807) is 25.9 Å². The number of amides is 1. The van der Waals surface area contributed by atoms with Crippen molar-refractivity contribution in [3.05, 3.63) is 37.8 Å². The van der Waals surface area contributed by atoms with Gasteiger partial charge in [0.1, 0.15) is 15.6 Å². The second-order valence-corrected chi connectivity index (χ2v) is 11.3. The fraction of sp³-hybridized carbons (Fsp3) is 0.462. The number of rotatable bonds is 8. The summed E-state index contributed by atoms with van der Waals surface area (Å²) in [5, 5.41) is 0. The second-order valence-electron chi connectivity index (χ2n) is 8.57. The minimum absolute atomic E-state index is 0.0102. The van der Waals surface area contributed by atoms with Gasteiger partial charge in [0.2, 0.25) is 5.91 Å². The molecular formula is C26H31NO6S3. The zero-order valence-corrected chi connectivity index (χ0v) is 23.8. The Kier molecular flexibility index (Phi) is 9.29. The number of nitrogens with zero attached hydrogens (tertiary/aromatic N) is 1. The summed E-state index contributed by atoms with van der Waals surface area (Å²) in [4.78, 5) is 41.5. The largest absolute Gasteiger partial charge is 0.497 e. The lowest BCUT2D eigenvalue weighted by atomic mass is 9.83. The van der Waals surface area contributed by atoms with Crippen molar-refractivity contribution in [2.24, 2.45) is 0 Å². The van der Waals surface area contributed by atoms with Gasteiger partial charge in [-0.15, -0.1) is 0 Å². The van der Waals surface area contributed by atoms with Gasteiger partial charge in [-0.1, -0.05) is 49.1 Å². The number of thiocarbonyl (C=S) groups is 1. The van der Waals surface area contributed by atoms with Gasteiger partial charge in [0.25, 0.3) is 0 Å². The third-order valence-electron chi connectivity index (χ3n) is 5.77. The third kappa shape index (κ3) is 5.35. The van der Waals surface area contributed by atoms with Crippen LogP contribution >= 0.6 is 35.7 Å². The van der Waals surface area contributed by atoms with E-state index in [9.17, 15) is 14.4 Å². The molecule has 0 saturated heterocycles. The molecule has 0 bridgehead atoms. The Morgan fingerprint density at radius 2 is 1.58 bits per heavy atom. The minimum atomic E-state index is -0.817. The molecular weight excluding hydrogens is 518 g/mol. The van der Waals surface area contributed by atoms with Crippen LogP contribution < -0.4 is 9.64 Å². The van der Waals surface area contributed by atoms with Gasteiger partial charge in [0, 0.05) is 17.6 Å². The molecule has 0 unspecified atom stereocenters. The van der Waals surface area contributed by atoms with E-state index in [0.717, 1.165) is 36.4 Å². The molecule has 2 aliphatic rings. The van der Waals surface area contributed by atoms with E-state index in [1.807, 2.05) is 39.0 Å². The van der Waals surface area contributed by atoms with Gasteiger partial charge in [0.05, 0.1) is 40.7 Å². The lowest BCUT2D eigenvalue weighted by Gasteiger charge is -2.45. The van der Waals surface area contributed by atoms with Crippen molar-refractivity contribution in [2.75, 3.05) is 25.2 Å². The first-order valence-electron chi connectivity index (χ1n) is 11.9. The monoisotopic (exact) mass is 549 g/mol. The summed E-state index contributed by atoms with van der Waals surface area (Å²) < 4.78 is 16.6. The maximum Gasteiger partial charge on any atom is 0.346 e. The second kappa shape index (κ2) is 11.8. The number of unbranched alkanes of at least 4 members (excludes halogenated alkanes) is 1. The molecule has 7 nitrogen and oxygen atoms in total. The SMILES string of the molecule is CCCCC(=O)N1c2ccc(OC)cc2C(=C2SC(C(=O)OCC)=C(C(=O)OCC)S2)C(=S)C1(C)C. The fourth-order valence-electron chi connectivity index (χ4n) is 4.02. The number of esters is 2. The fourth-order valence-corrected chi connectivity index (χ4v) is 7.00. The molecule has 2 aliphatic heterocycles. The Labute approximate surface area is 226 Å². The summed E-state index contributed by atoms with van der Waals surface area (Å²) in [6.45, 7) is 9.66. The number of hydrogen-bond donors (Lipinski definition) is 0. The highest BCUT2D eigenvalue weighted by Crippen LogP contribution is 2.56. The average molecular weight is 550 g/mol. The van der Waals surface area contributed by atoms with Crippen LogP contribution in [-0.2, 0) is 23.9 Å². The van der Waals surface area contributed by atoms with E-state index >= 15 is 0 Å². The first kappa shape index (κ1) is 28.3. The van der Waals surface area contributed by atoms with E-state index in [1.165, 1.54) is 0 Å². The van der Waals surface area contributed by atoms with Crippen LogP contribution in [0.5, 0.6) is 5.75 Å². The van der Waals surface area contributed by atoms with Crippen LogP contribution in [0.25, 0.3) is 5.57 Å². The molecule has 0 radical (unpaired) electrons. The van der Waals surface area contributed by atoms with Gasteiger partial charge >= 0.3 is 11.9 Å². The smallest absolute Gasteiger partial charge is 0.346 e. The molecule has 0 spiro atoms. The van der Waals surface area contributed by atoms with Crippen molar-refractivity contribution < 1.29 is 28.6 Å². The Morgan fingerprint density at radius 1 is 1.00 bits per heavy atom. The van der Waals surface area contributed by atoms with Crippen LogP contribution in [-0.4, -0.2) is 48.6 Å². The molecule has 3 rings (SSSR count). The Hall–Kier alpha value is -2.30. The van der Waals surface area contributed by atoms with E-state index in [0.29, 0.717) is 38.1 Å².